The Hall–Kier alpha value is -2.64. The van der Waals surface area contributed by atoms with Crippen LogP contribution < -0.4 is 10.6 Å². The molecule has 0 atom stereocenters. The highest BCUT2D eigenvalue weighted by molar-refractivity contribution is 6.33. The molecule has 1 aromatic heterocycles. The maximum Gasteiger partial charge on any atom is 0.255 e. The number of hydrogen-bond donors (Lipinski definition) is 2. The maximum atomic E-state index is 12.5. The van der Waals surface area contributed by atoms with Gasteiger partial charge in [-0.3, -0.25) is 9.59 Å². The molecule has 0 unspecified atom stereocenters. The van der Waals surface area contributed by atoms with E-state index in [0.717, 1.165) is 5.56 Å². The van der Waals surface area contributed by atoms with Gasteiger partial charge in [0, 0.05) is 37.9 Å². The van der Waals surface area contributed by atoms with Crippen LogP contribution in [0.3, 0.4) is 0 Å². The summed E-state index contributed by atoms with van der Waals surface area (Å²) in [5.41, 5.74) is 2.07. The zero-order chi connectivity index (χ0) is 19.9. The summed E-state index contributed by atoms with van der Waals surface area (Å²) in [4.78, 5) is 30.3. The normalized spacial score (nSPS) is 13.9. The van der Waals surface area contributed by atoms with Crippen molar-refractivity contribution in [1.82, 2.24) is 15.2 Å². The predicted octanol–water partition coefficient (Wildman–Crippen LogP) is 2.57. The van der Waals surface area contributed by atoms with Gasteiger partial charge in [0.25, 0.3) is 11.8 Å². The Labute approximate surface area is 169 Å². The highest BCUT2D eigenvalue weighted by atomic mass is 35.5. The van der Waals surface area contributed by atoms with E-state index in [1.54, 1.807) is 23.1 Å². The van der Waals surface area contributed by atoms with Crippen LogP contribution in [0.15, 0.2) is 36.5 Å². The number of carbonyl (C=O) groups excluding carboxylic acids is 2. The van der Waals surface area contributed by atoms with Crippen molar-refractivity contribution in [2.45, 2.75) is 13.5 Å². The topological polar surface area (TPSA) is 83.6 Å². The van der Waals surface area contributed by atoms with Gasteiger partial charge < -0.3 is 20.3 Å². The van der Waals surface area contributed by atoms with E-state index in [4.69, 9.17) is 16.3 Å². The number of carbonyl (C=O) groups is 2. The standard InChI is InChI=1S/C20H23ClN4O3/c1-2-22-19(26)15-5-3-14(4-6-15)12-23-18-17(21)11-16(13-24-18)20(27)25-7-9-28-10-8-25/h3-6,11,13H,2,7-10,12H2,1H3,(H,22,26)(H,23,24). The Bertz CT molecular complexity index is 836. The molecule has 1 aromatic carbocycles. The van der Waals surface area contributed by atoms with Crippen LogP contribution in [0.25, 0.3) is 0 Å². The van der Waals surface area contributed by atoms with Crippen molar-refractivity contribution in [1.29, 1.82) is 0 Å². The first kappa shape index (κ1) is 20.1. The predicted molar refractivity (Wildman–Crippen MR) is 108 cm³/mol. The van der Waals surface area contributed by atoms with Gasteiger partial charge in [0.05, 0.1) is 23.8 Å². The van der Waals surface area contributed by atoms with Gasteiger partial charge in [0.1, 0.15) is 5.82 Å². The summed E-state index contributed by atoms with van der Waals surface area (Å²) in [5.74, 6) is 0.324. The molecule has 1 fully saturated rings. The summed E-state index contributed by atoms with van der Waals surface area (Å²) in [7, 11) is 0. The van der Waals surface area contributed by atoms with Gasteiger partial charge in [0.2, 0.25) is 0 Å². The number of pyridine rings is 1. The quantitative estimate of drug-likeness (QED) is 0.775. The van der Waals surface area contributed by atoms with Crippen molar-refractivity contribution in [2.75, 3.05) is 38.2 Å². The van der Waals surface area contributed by atoms with E-state index in [9.17, 15) is 9.59 Å². The number of amides is 2. The molecule has 1 aliphatic heterocycles. The molecular weight excluding hydrogens is 380 g/mol. The number of nitrogens with zero attached hydrogens (tertiary/aromatic N) is 2. The van der Waals surface area contributed by atoms with E-state index in [-0.39, 0.29) is 11.8 Å². The molecule has 2 heterocycles. The molecule has 3 rings (SSSR count). The molecule has 0 bridgehead atoms. The van der Waals surface area contributed by atoms with Crippen LogP contribution in [-0.2, 0) is 11.3 Å². The van der Waals surface area contributed by atoms with Crippen molar-refractivity contribution >= 4 is 29.2 Å². The highest BCUT2D eigenvalue weighted by Crippen LogP contribution is 2.22. The summed E-state index contributed by atoms with van der Waals surface area (Å²) in [6.45, 7) is 5.21. The lowest BCUT2D eigenvalue weighted by Gasteiger charge is -2.26. The zero-order valence-corrected chi connectivity index (χ0v) is 16.5. The first-order valence-electron chi connectivity index (χ1n) is 9.22. The van der Waals surface area contributed by atoms with Gasteiger partial charge in [-0.05, 0) is 30.7 Å². The van der Waals surface area contributed by atoms with Crippen LogP contribution in [0.1, 0.15) is 33.2 Å². The SMILES string of the molecule is CCNC(=O)c1ccc(CNc2ncc(C(=O)N3CCOCC3)cc2Cl)cc1. The number of anilines is 1. The van der Waals surface area contributed by atoms with E-state index in [1.165, 1.54) is 6.20 Å². The lowest BCUT2D eigenvalue weighted by atomic mass is 10.1. The third-order valence-electron chi connectivity index (χ3n) is 4.40. The fourth-order valence-electron chi connectivity index (χ4n) is 2.86. The van der Waals surface area contributed by atoms with Gasteiger partial charge in [-0.2, -0.15) is 0 Å². The van der Waals surface area contributed by atoms with Gasteiger partial charge in [-0.25, -0.2) is 4.98 Å². The van der Waals surface area contributed by atoms with Gasteiger partial charge in [-0.15, -0.1) is 0 Å². The highest BCUT2D eigenvalue weighted by Gasteiger charge is 2.19. The molecule has 0 saturated carbocycles. The minimum absolute atomic E-state index is 0.0905. The number of aromatic nitrogens is 1. The molecule has 2 amide bonds. The molecule has 28 heavy (non-hydrogen) atoms. The number of morpholine rings is 1. The molecule has 148 valence electrons. The van der Waals surface area contributed by atoms with Gasteiger partial charge >= 0.3 is 0 Å². The smallest absolute Gasteiger partial charge is 0.255 e. The number of benzene rings is 1. The average molecular weight is 403 g/mol. The number of halogens is 1. The second-order valence-electron chi connectivity index (χ2n) is 6.37. The maximum absolute atomic E-state index is 12.5. The van der Waals surface area contributed by atoms with Crippen LogP contribution in [0.5, 0.6) is 0 Å². The van der Waals surface area contributed by atoms with E-state index in [1.807, 2.05) is 19.1 Å². The van der Waals surface area contributed by atoms with Crippen LogP contribution in [0.4, 0.5) is 5.82 Å². The number of hydrogen-bond acceptors (Lipinski definition) is 5. The van der Waals surface area contributed by atoms with Gasteiger partial charge in [0.15, 0.2) is 0 Å². The van der Waals surface area contributed by atoms with E-state index in [2.05, 4.69) is 15.6 Å². The lowest BCUT2D eigenvalue weighted by Crippen LogP contribution is -2.40. The van der Waals surface area contributed by atoms with E-state index >= 15 is 0 Å². The molecule has 7 nitrogen and oxygen atoms in total. The molecule has 0 spiro atoms. The molecular formula is C20H23ClN4O3. The van der Waals surface area contributed by atoms with Crippen molar-refractivity contribution in [3.8, 4) is 0 Å². The fraction of sp³-hybridized carbons (Fsp3) is 0.350. The molecule has 0 aliphatic carbocycles. The van der Waals surface area contributed by atoms with Crippen LogP contribution in [0, 0.1) is 0 Å². The third-order valence-corrected chi connectivity index (χ3v) is 4.69. The Morgan fingerprint density at radius 2 is 1.89 bits per heavy atom. The number of ether oxygens (including phenoxy) is 1. The number of nitrogens with one attached hydrogen (secondary N) is 2. The first-order chi connectivity index (χ1) is 13.6. The van der Waals surface area contributed by atoms with Crippen molar-refractivity contribution < 1.29 is 14.3 Å². The largest absolute Gasteiger partial charge is 0.378 e. The summed E-state index contributed by atoms with van der Waals surface area (Å²) < 4.78 is 5.27. The molecule has 1 aliphatic rings. The average Bonchev–Trinajstić information content (AvgIpc) is 2.73. The molecule has 0 radical (unpaired) electrons. The Morgan fingerprint density at radius 1 is 1.18 bits per heavy atom. The number of rotatable bonds is 6. The zero-order valence-electron chi connectivity index (χ0n) is 15.7. The summed E-state index contributed by atoms with van der Waals surface area (Å²) in [6.07, 6.45) is 1.53. The second-order valence-corrected chi connectivity index (χ2v) is 6.78. The summed E-state index contributed by atoms with van der Waals surface area (Å²) in [6, 6.07) is 8.94. The van der Waals surface area contributed by atoms with Crippen molar-refractivity contribution in [2.24, 2.45) is 0 Å². The van der Waals surface area contributed by atoms with Crippen LogP contribution in [0.2, 0.25) is 5.02 Å². The van der Waals surface area contributed by atoms with Crippen LogP contribution >= 0.6 is 11.6 Å². The van der Waals surface area contributed by atoms with Crippen LogP contribution in [-0.4, -0.2) is 54.5 Å². The second kappa shape index (κ2) is 9.52. The monoisotopic (exact) mass is 402 g/mol. The summed E-state index contributed by atoms with van der Waals surface area (Å²) in [5, 5.41) is 6.31. The molecule has 2 aromatic rings. The van der Waals surface area contributed by atoms with Crippen molar-refractivity contribution in [3.05, 3.63) is 58.2 Å². The summed E-state index contributed by atoms with van der Waals surface area (Å²) >= 11 is 6.31. The Kier molecular flexibility index (Phi) is 6.84. The minimum atomic E-state index is -0.0924. The molecule has 1 saturated heterocycles. The minimum Gasteiger partial charge on any atom is -0.378 e. The fourth-order valence-corrected chi connectivity index (χ4v) is 3.09. The molecule has 2 N–H and O–H groups in total. The third kappa shape index (κ3) is 4.99. The first-order valence-corrected chi connectivity index (χ1v) is 9.60. The van der Waals surface area contributed by atoms with E-state index in [0.29, 0.717) is 61.4 Å². The Morgan fingerprint density at radius 3 is 2.54 bits per heavy atom. The Balaban J connectivity index is 1.60. The van der Waals surface area contributed by atoms with E-state index < -0.39 is 0 Å². The molecule has 8 heteroatoms. The lowest BCUT2D eigenvalue weighted by molar-refractivity contribution is 0.0302. The van der Waals surface area contributed by atoms with Gasteiger partial charge in [-0.1, -0.05) is 23.7 Å². The van der Waals surface area contributed by atoms with Crippen molar-refractivity contribution in [3.63, 3.8) is 0 Å².